The molecule has 172 valence electrons. The molecule has 0 spiro atoms. The first-order valence-electron chi connectivity index (χ1n) is 9.63. The van der Waals surface area contributed by atoms with Crippen molar-refractivity contribution in [2.24, 2.45) is 0 Å². The molecule has 33 heavy (non-hydrogen) atoms. The fourth-order valence-electron chi connectivity index (χ4n) is 3.25. The number of carboxylic acid groups (broad SMARTS) is 1. The van der Waals surface area contributed by atoms with Gasteiger partial charge in [-0.1, -0.05) is 12.1 Å². The summed E-state index contributed by atoms with van der Waals surface area (Å²) in [7, 11) is -3.90. The Morgan fingerprint density at radius 3 is 2.61 bits per heavy atom. The molecular weight excluding hydrogens is 455 g/mol. The number of aromatic nitrogens is 1. The smallest absolute Gasteiger partial charge is 0.404 e. The molecule has 1 heterocycles. The van der Waals surface area contributed by atoms with Gasteiger partial charge in [0, 0.05) is 29.6 Å². The van der Waals surface area contributed by atoms with E-state index < -0.39 is 26.9 Å². The van der Waals surface area contributed by atoms with Crippen LogP contribution >= 0.6 is 0 Å². The number of rotatable bonds is 8. The van der Waals surface area contributed by atoms with Gasteiger partial charge in [-0.2, -0.15) is 0 Å². The fraction of sp³-hybridized carbons (Fsp3) is 0.190. The highest BCUT2D eigenvalue weighted by molar-refractivity contribution is 7.89. The van der Waals surface area contributed by atoms with Crippen molar-refractivity contribution in [1.29, 1.82) is 0 Å². The molecule has 1 amide bonds. The number of aromatic amines is 1. The molecule has 0 aliphatic heterocycles. The molecule has 0 fully saturated rings. The lowest BCUT2D eigenvalue weighted by atomic mass is 10.1. The molecule has 0 unspecified atom stereocenters. The van der Waals surface area contributed by atoms with Gasteiger partial charge in [0.15, 0.2) is 0 Å². The van der Waals surface area contributed by atoms with Gasteiger partial charge in [0.25, 0.3) is 6.04 Å². The molecule has 2 aromatic carbocycles. The highest BCUT2D eigenvalue weighted by atomic mass is 32.2. The Morgan fingerprint density at radius 1 is 1.21 bits per heavy atom. The Balaban J connectivity index is 1.77. The minimum absolute atomic E-state index is 0.00950. The minimum Gasteiger partial charge on any atom is -0.465 e. The van der Waals surface area contributed by atoms with Crippen molar-refractivity contribution in [3.63, 3.8) is 0 Å². The van der Waals surface area contributed by atoms with E-state index in [2.05, 4.69) is 20.9 Å². The molecule has 0 radical (unpaired) electrons. The third-order valence-corrected chi connectivity index (χ3v) is 6.16. The zero-order valence-corrected chi connectivity index (χ0v) is 17.9. The van der Waals surface area contributed by atoms with Crippen molar-refractivity contribution < 1.29 is 27.6 Å². The largest absolute Gasteiger partial charge is 0.465 e. The van der Waals surface area contributed by atoms with Gasteiger partial charge in [0.05, 0.1) is 11.4 Å². The quantitative estimate of drug-likeness (QED) is 0.170. The predicted octanol–water partition coefficient (Wildman–Crippen LogP) is 2.38. The predicted molar refractivity (Wildman–Crippen MR) is 117 cm³/mol. The van der Waals surface area contributed by atoms with Gasteiger partial charge < -0.3 is 15.4 Å². The Bertz CT molecular complexity index is 1360. The summed E-state index contributed by atoms with van der Waals surface area (Å²) in [6, 6.07) is 11.6. The molecule has 10 nitrogen and oxygen atoms in total. The van der Waals surface area contributed by atoms with Gasteiger partial charge in [-0.3, -0.25) is 0 Å². The molecule has 0 atom stereocenters. The molecular formula is C21H19FN4O6S. The van der Waals surface area contributed by atoms with Crippen molar-refractivity contribution in [3.05, 3.63) is 75.2 Å². The average molecular weight is 474 g/mol. The molecule has 0 aliphatic carbocycles. The Morgan fingerprint density at radius 2 is 1.94 bits per heavy atom. The summed E-state index contributed by atoms with van der Waals surface area (Å²) < 4.78 is 41.6. The van der Waals surface area contributed by atoms with Crippen LogP contribution < -0.4 is 10.0 Å². The summed E-state index contributed by atoms with van der Waals surface area (Å²) in [5.74, 6) is 1.90. The zero-order chi connectivity index (χ0) is 24.0. The van der Waals surface area contributed by atoms with Crippen LogP contribution in [0, 0.1) is 27.9 Å². The van der Waals surface area contributed by atoms with E-state index in [1.54, 1.807) is 6.04 Å². The maximum absolute atomic E-state index is 13.7. The van der Waals surface area contributed by atoms with Gasteiger partial charge in [-0.05, 0) is 53.8 Å². The van der Waals surface area contributed by atoms with E-state index in [9.17, 15) is 27.7 Å². The summed E-state index contributed by atoms with van der Waals surface area (Å²) in [6.45, 7) is -0.0591. The molecule has 0 saturated heterocycles. The molecule has 0 aliphatic rings. The number of sulfonamides is 1. The number of nitro groups is 1. The maximum Gasteiger partial charge on any atom is 0.404 e. The second-order valence-corrected chi connectivity index (χ2v) is 8.71. The number of fused-ring (bicyclic) bond motifs is 1. The van der Waals surface area contributed by atoms with Crippen LogP contribution in [-0.2, 0) is 29.4 Å². The lowest BCUT2D eigenvalue weighted by molar-refractivity contribution is -0.379. The summed E-state index contributed by atoms with van der Waals surface area (Å²) >= 11 is 0. The second kappa shape index (κ2) is 10.1. The Labute approximate surface area is 188 Å². The number of H-pyrrole nitrogens is 1. The third kappa shape index (κ3) is 6.28. The number of carbonyl (C=O) groups is 1. The van der Waals surface area contributed by atoms with Crippen molar-refractivity contribution in [2.75, 3.05) is 6.54 Å². The number of hydrogen-bond donors (Lipinski definition) is 4. The highest BCUT2D eigenvalue weighted by Gasteiger charge is 2.17. The van der Waals surface area contributed by atoms with Crippen molar-refractivity contribution in [2.45, 2.75) is 24.3 Å². The van der Waals surface area contributed by atoms with Gasteiger partial charge in [0.1, 0.15) is 10.7 Å². The first-order chi connectivity index (χ1) is 15.7. The number of benzene rings is 2. The van der Waals surface area contributed by atoms with E-state index >= 15 is 0 Å². The topological polar surface area (TPSA) is 154 Å². The Hall–Kier alpha value is -3.95. The second-order valence-electron chi connectivity index (χ2n) is 6.94. The fourth-order valence-corrected chi connectivity index (χ4v) is 4.25. The Kier molecular flexibility index (Phi) is 7.27. The molecule has 1 aromatic heterocycles. The summed E-state index contributed by atoms with van der Waals surface area (Å²) in [5, 5.41) is 21.8. The van der Waals surface area contributed by atoms with E-state index in [4.69, 9.17) is 5.11 Å². The molecule has 4 N–H and O–H groups in total. The van der Waals surface area contributed by atoms with E-state index in [-0.39, 0.29) is 30.8 Å². The zero-order valence-electron chi connectivity index (χ0n) is 17.1. The van der Waals surface area contributed by atoms with Crippen LogP contribution in [0.2, 0.25) is 0 Å². The van der Waals surface area contributed by atoms with E-state index in [1.807, 2.05) is 0 Å². The number of nitrogens with zero attached hydrogens (tertiary/aromatic N) is 1. The number of amides is 1. The minimum atomic E-state index is -3.90. The van der Waals surface area contributed by atoms with Crippen LogP contribution in [0.3, 0.4) is 0 Å². The lowest BCUT2D eigenvalue weighted by Gasteiger charge is -2.09. The van der Waals surface area contributed by atoms with Gasteiger partial charge in [-0.25, -0.2) is 32.4 Å². The lowest BCUT2D eigenvalue weighted by Crippen LogP contribution is -2.25. The monoisotopic (exact) mass is 474 g/mol. The van der Waals surface area contributed by atoms with Crippen LogP contribution in [-0.4, -0.2) is 36.1 Å². The molecule has 12 heteroatoms. The standard InChI is InChI=1S/C21H19FN4O6S/c22-15-5-8-19-18(12-15)17(9-10-23-21(27)28)20(25-19)13-24-33(31,32)16-6-3-14(4-7-16)2-1-11-26(29)30/h3-8,12,23-25H,2,9-10,13H2,(H,27,28). The molecule has 0 saturated carbocycles. The normalized spacial score (nSPS) is 11.1. The van der Waals surface area contributed by atoms with Crippen molar-refractivity contribution in [1.82, 2.24) is 15.0 Å². The van der Waals surface area contributed by atoms with Crippen molar-refractivity contribution in [3.8, 4) is 12.0 Å². The number of hydrogen-bond acceptors (Lipinski definition) is 5. The first kappa shape index (κ1) is 23.7. The first-order valence-corrected chi connectivity index (χ1v) is 11.1. The van der Waals surface area contributed by atoms with Crippen LogP contribution in [0.1, 0.15) is 16.8 Å². The number of halogens is 1. The third-order valence-electron chi connectivity index (χ3n) is 4.74. The highest BCUT2D eigenvalue weighted by Crippen LogP contribution is 2.24. The van der Waals surface area contributed by atoms with Crippen LogP contribution in [0.5, 0.6) is 0 Å². The van der Waals surface area contributed by atoms with Crippen LogP contribution in [0.4, 0.5) is 9.18 Å². The van der Waals surface area contributed by atoms with Gasteiger partial charge in [-0.15, -0.1) is 0 Å². The van der Waals surface area contributed by atoms with Crippen molar-refractivity contribution >= 4 is 27.0 Å². The van der Waals surface area contributed by atoms with Gasteiger partial charge in [0.2, 0.25) is 10.0 Å². The number of nitrogens with one attached hydrogen (secondary N) is 3. The SMILES string of the molecule is O=C(O)NCCc1c(CNS(=O)(=O)c2ccc(CC#C[N+](=O)[O-])cc2)[nH]c2ccc(F)cc12. The molecule has 3 aromatic rings. The van der Waals surface area contributed by atoms with E-state index in [0.29, 0.717) is 27.7 Å². The summed E-state index contributed by atoms with van der Waals surface area (Å²) in [5.41, 5.74) is 2.30. The van der Waals surface area contributed by atoms with E-state index in [0.717, 1.165) is 0 Å². The average Bonchev–Trinajstić information content (AvgIpc) is 3.09. The van der Waals surface area contributed by atoms with Crippen LogP contribution in [0.15, 0.2) is 47.4 Å². The van der Waals surface area contributed by atoms with E-state index in [1.165, 1.54) is 42.5 Å². The summed E-state index contributed by atoms with van der Waals surface area (Å²) in [4.78, 5) is 23.3. The molecule has 0 bridgehead atoms. The molecule has 3 rings (SSSR count). The maximum atomic E-state index is 13.7. The van der Waals surface area contributed by atoms with Gasteiger partial charge >= 0.3 is 6.09 Å². The van der Waals surface area contributed by atoms with Crippen LogP contribution in [0.25, 0.3) is 10.9 Å². The summed E-state index contributed by atoms with van der Waals surface area (Å²) in [6.07, 6.45) is -0.864.